The number of hydrogen-bond donors (Lipinski definition) is 3. The number of rotatable bonds is 7. The lowest BCUT2D eigenvalue weighted by Gasteiger charge is -2.15. The van der Waals surface area contributed by atoms with E-state index in [0.717, 1.165) is 10.8 Å². The van der Waals surface area contributed by atoms with Gasteiger partial charge in [-0.05, 0) is 42.0 Å². The third-order valence-electron chi connectivity index (χ3n) is 4.48. The van der Waals surface area contributed by atoms with Crippen LogP contribution in [0.4, 0.5) is 4.39 Å². The Labute approximate surface area is 178 Å². The fraction of sp³-hybridized carbons (Fsp3) is 0.174. The van der Waals surface area contributed by atoms with Crippen LogP contribution in [0.15, 0.2) is 66.7 Å². The van der Waals surface area contributed by atoms with E-state index in [1.807, 2.05) is 30.3 Å². The molecule has 0 heterocycles. The van der Waals surface area contributed by atoms with Gasteiger partial charge in [0.05, 0.1) is 0 Å². The maximum atomic E-state index is 13.6. The van der Waals surface area contributed by atoms with Crippen molar-refractivity contribution in [3.63, 3.8) is 0 Å². The number of halogens is 1. The molecule has 7 nitrogen and oxygen atoms in total. The Morgan fingerprint density at radius 1 is 0.935 bits per heavy atom. The Hall–Kier alpha value is -3.94. The van der Waals surface area contributed by atoms with Crippen LogP contribution in [0.3, 0.4) is 0 Å². The Balaban J connectivity index is 1.39. The number of hydrazine groups is 1. The third kappa shape index (κ3) is 6.02. The predicted molar refractivity (Wildman–Crippen MR) is 114 cm³/mol. The second-order valence-corrected chi connectivity index (χ2v) is 6.80. The van der Waals surface area contributed by atoms with Gasteiger partial charge in [0.15, 0.2) is 17.7 Å². The zero-order valence-corrected chi connectivity index (χ0v) is 16.9. The molecule has 1 atom stereocenters. The van der Waals surface area contributed by atoms with Crippen molar-refractivity contribution in [2.45, 2.75) is 19.4 Å². The predicted octanol–water partition coefficient (Wildman–Crippen LogP) is 2.71. The van der Waals surface area contributed by atoms with Crippen molar-refractivity contribution in [2.75, 3.05) is 6.54 Å². The number of hydrogen-bond acceptors (Lipinski definition) is 4. The minimum atomic E-state index is -1.02. The van der Waals surface area contributed by atoms with Gasteiger partial charge in [-0.1, -0.05) is 42.5 Å². The smallest absolute Gasteiger partial charge is 0.279 e. The zero-order valence-electron chi connectivity index (χ0n) is 16.9. The molecule has 0 aromatic heterocycles. The molecule has 0 saturated carbocycles. The van der Waals surface area contributed by atoms with Crippen molar-refractivity contribution in [3.05, 3.63) is 78.1 Å². The highest BCUT2D eigenvalue weighted by atomic mass is 19.1. The molecule has 3 aromatic carbocycles. The quantitative estimate of drug-likeness (QED) is 0.509. The molecule has 0 saturated heterocycles. The average molecular weight is 423 g/mol. The largest absolute Gasteiger partial charge is 0.478 e. The van der Waals surface area contributed by atoms with E-state index < -0.39 is 23.7 Å². The molecule has 160 valence electrons. The SMILES string of the molecule is CC(Oc1ccccc1F)C(=O)NNC(=O)CCNC(=O)c1ccc2ccccc2c1. The van der Waals surface area contributed by atoms with Crippen molar-refractivity contribution >= 4 is 28.5 Å². The second-order valence-electron chi connectivity index (χ2n) is 6.80. The van der Waals surface area contributed by atoms with Gasteiger partial charge in [-0.3, -0.25) is 25.2 Å². The number of para-hydroxylation sites is 1. The minimum Gasteiger partial charge on any atom is -0.478 e. The number of fused-ring (bicyclic) bond motifs is 1. The Morgan fingerprint density at radius 2 is 1.65 bits per heavy atom. The molecule has 1 unspecified atom stereocenters. The van der Waals surface area contributed by atoms with E-state index >= 15 is 0 Å². The molecule has 8 heteroatoms. The van der Waals surface area contributed by atoms with Crippen LogP contribution in [0.1, 0.15) is 23.7 Å². The number of amides is 3. The fourth-order valence-electron chi connectivity index (χ4n) is 2.80. The van der Waals surface area contributed by atoms with Crippen LogP contribution < -0.4 is 20.9 Å². The van der Waals surface area contributed by atoms with E-state index in [4.69, 9.17) is 4.74 Å². The van der Waals surface area contributed by atoms with Gasteiger partial charge in [0.2, 0.25) is 5.91 Å². The number of ether oxygens (including phenoxy) is 1. The Morgan fingerprint density at radius 3 is 2.42 bits per heavy atom. The molecule has 0 fully saturated rings. The van der Waals surface area contributed by atoms with Gasteiger partial charge in [-0.25, -0.2) is 4.39 Å². The summed E-state index contributed by atoms with van der Waals surface area (Å²) in [6, 6.07) is 18.7. The highest BCUT2D eigenvalue weighted by Crippen LogP contribution is 2.17. The molecule has 3 aromatic rings. The molecule has 0 radical (unpaired) electrons. The minimum absolute atomic E-state index is 0.0395. The normalized spacial score (nSPS) is 11.4. The standard InChI is InChI=1S/C23H22FN3O4/c1-15(31-20-9-5-4-8-19(20)24)22(29)27-26-21(28)12-13-25-23(30)18-11-10-16-6-2-3-7-17(16)14-18/h2-11,14-15H,12-13H2,1H3,(H,25,30)(H,26,28)(H,27,29). The summed E-state index contributed by atoms with van der Waals surface area (Å²) in [5.74, 6) is -2.09. The maximum absolute atomic E-state index is 13.6. The first kappa shape index (κ1) is 21.8. The van der Waals surface area contributed by atoms with Gasteiger partial charge in [0, 0.05) is 18.5 Å². The van der Waals surface area contributed by atoms with E-state index in [-0.39, 0.29) is 24.6 Å². The summed E-state index contributed by atoms with van der Waals surface area (Å²) >= 11 is 0. The van der Waals surface area contributed by atoms with Crippen LogP contribution in [-0.4, -0.2) is 30.4 Å². The summed E-state index contributed by atoms with van der Waals surface area (Å²) in [5, 5.41) is 4.64. The van der Waals surface area contributed by atoms with Crippen molar-refractivity contribution in [2.24, 2.45) is 0 Å². The molecule has 3 rings (SSSR count). The molecule has 0 spiro atoms. The summed E-state index contributed by atoms with van der Waals surface area (Å²) < 4.78 is 18.8. The van der Waals surface area contributed by atoms with Crippen LogP contribution in [0, 0.1) is 5.82 Å². The van der Waals surface area contributed by atoms with Gasteiger partial charge in [-0.15, -0.1) is 0 Å². The van der Waals surface area contributed by atoms with E-state index in [9.17, 15) is 18.8 Å². The van der Waals surface area contributed by atoms with Crippen molar-refractivity contribution in [3.8, 4) is 5.75 Å². The van der Waals surface area contributed by atoms with Gasteiger partial charge in [0.25, 0.3) is 11.8 Å². The topological polar surface area (TPSA) is 96.5 Å². The number of benzene rings is 3. The molecule has 3 N–H and O–H groups in total. The molecular weight excluding hydrogens is 401 g/mol. The molecule has 0 bridgehead atoms. The summed E-state index contributed by atoms with van der Waals surface area (Å²) in [6.07, 6.45) is -1.06. The molecule has 0 aliphatic rings. The first-order valence-corrected chi connectivity index (χ1v) is 9.71. The Kier molecular flexibility index (Phi) is 7.16. The van der Waals surface area contributed by atoms with Crippen molar-refractivity contribution in [1.82, 2.24) is 16.2 Å². The van der Waals surface area contributed by atoms with Crippen LogP contribution >= 0.6 is 0 Å². The van der Waals surface area contributed by atoms with E-state index in [2.05, 4.69) is 16.2 Å². The van der Waals surface area contributed by atoms with Crippen molar-refractivity contribution < 1.29 is 23.5 Å². The number of carbonyl (C=O) groups excluding carboxylic acids is 3. The monoisotopic (exact) mass is 423 g/mol. The van der Waals surface area contributed by atoms with E-state index in [1.54, 1.807) is 18.2 Å². The summed E-state index contributed by atoms with van der Waals surface area (Å²) in [5.41, 5.74) is 4.94. The summed E-state index contributed by atoms with van der Waals surface area (Å²) in [4.78, 5) is 36.2. The molecular formula is C23H22FN3O4. The van der Waals surface area contributed by atoms with Gasteiger partial charge in [-0.2, -0.15) is 0 Å². The Bertz CT molecular complexity index is 1100. The molecule has 31 heavy (non-hydrogen) atoms. The highest BCUT2D eigenvalue weighted by Gasteiger charge is 2.17. The lowest BCUT2D eigenvalue weighted by Crippen LogP contribution is -2.47. The number of carbonyl (C=O) groups is 3. The van der Waals surface area contributed by atoms with E-state index in [0.29, 0.717) is 5.56 Å². The fourth-order valence-corrected chi connectivity index (χ4v) is 2.80. The second kappa shape index (κ2) is 10.2. The molecule has 0 aliphatic carbocycles. The first-order chi connectivity index (χ1) is 14.9. The third-order valence-corrected chi connectivity index (χ3v) is 4.48. The van der Waals surface area contributed by atoms with Crippen LogP contribution in [0.25, 0.3) is 10.8 Å². The summed E-state index contributed by atoms with van der Waals surface area (Å²) in [7, 11) is 0. The average Bonchev–Trinajstić information content (AvgIpc) is 2.78. The lowest BCUT2D eigenvalue weighted by molar-refractivity contribution is -0.132. The van der Waals surface area contributed by atoms with Crippen LogP contribution in [0.2, 0.25) is 0 Å². The van der Waals surface area contributed by atoms with Crippen molar-refractivity contribution in [1.29, 1.82) is 0 Å². The van der Waals surface area contributed by atoms with Crippen LogP contribution in [0.5, 0.6) is 5.75 Å². The zero-order chi connectivity index (χ0) is 22.2. The number of nitrogens with one attached hydrogen (secondary N) is 3. The highest BCUT2D eigenvalue weighted by molar-refractivity contribution is 5.98. The van der Waals surface area contributed by atoms with Gasteiger partial charge >= 0.3 is 0 Å². The van der Waals surface area contributed by atoms with Gasteiger partial charge < -0.3 is 10.1 Å². The van der Waals surface area contributed by atoms with E-state index in [1.165, 1.54) is 25.1 Å². The first-order valence-electron chi connectivity index (χ1n) is 9.71. The molecule has 3 amide bonds. The maximum Gasteiger partial charge on any atom is 0.279 e. The lowest BCUT2D eigenvalue weighted by atomic mass is 10.1. The summed E-state index contributed by atoms with van der Waals surface area (Å²) in [6.45, 7) is 1.52. The van der Waals surface area contributed by atoms with Gasteiger partial charge in [0.1, 0.15) is 0 Å². The molecule has 0 aliphatic heterocycles. The van der Waals surface area contributed by atoms with Crippen LogP contribution in [-0.2, 0) is 9.59 Å².